The van der Waals surface area contributed by atoms with E-state index in [4.69, 9.17) is 11.6 Å². The van der Waals surface area contributed by atoms with Gasteiger partial charge in [0.2, 0.25) is 0 Å². The van der Waals surface area contributed by atoms with Gasteiger partial charge in [0.15, 0.2) is 11.6 Å². The van der Waals surface area contributed by atoms with E-state index in [1.54, 1.807) is 0 Å². The van der Waals surface area contributed by atoms with E-state index in [0.717, 1.165) is 12.1 Å². The highest BCUT2D eigenvalue weighted by Crippen LogP contribution is 2.18. The highest BCUT2D eigenvalue weighted by molar-refractivity contribution is 6.18. The van der Waals surface area contributed by atoms with E-state index < -0.39 is 11.6 Å². The molecule has 1 aromatic carbocycles. The number of hydrogen-bond acceptors (Lipinski definition) is 0. The molecule has 0 saturated carbocycles. The maximum Gasteiger partial charge on any atom is 0.159 e. The van der Waals surface area contributed by atoms with E-state index in [-0.39, 0.29) is 5.92 Å². The highest BCUT2D eigenvalue weighted by atomic mass is 35.5. The van der Waals surface area contributed by atoms with Crippen molar-refractivity contribution in [2.24, 2.45) is 0 Å². The highest BCUT2D eigenvalue weighted by Gasteiger charge is 2.07. The van der Waals surface area contributed by atoms with Gasteiger partial charge >= 0.3 is 0 Å². The van der Waals surface area contributed by atoms with Crippen LogP contribution in [-0.4, -0.2) is 5.88 Å². The molecule has 12 heavy (non-hydrogen) atoms. The maximum atomic E-state index is 12.6. The normalized spacial score (nSPS) is 13.0. The minimum Gasteiger partial charge on any atom is -0.204 e. The van der Waals surface area contributed by atoms with Crippen LogP contribution >= 0.6 is 11.6 Å². The van der Waals surface area contributed by atoms with Gasteiger partial charge in [-0.1, -0.05) is 6.07 Å². The van der Waals surface area contributed by atoms with Gasteiger partial charge in [0.05, 0.1) is 0 Å². The fourth-order valence-electron chi connectivity index (χ4n) is 0.855. The van der Waals surface area contributed by atoms with Crippen LogP contribution in [0.25, 0.3) is 0 Å². The van der Waals surface area contributed by atoms with Crippen LogP contribution in [0.5, 0.6) is 0 Å². The van der Waals surface area contributed by atoms with Crippen LogP contribution in [0, 0.1) is 18.6 Å². The second-order valence-corrected chi connectivity index (χ2v) is 2.83. The summed E-state index contributed by atoms with van der Waals surface area (Å²) in [5, 5.41) is 0. The zero-order valence-electron chi connectivity index (χ0n) is 6.36. The zero-order valence-corrected chi connectivity index (χ0v) is 7.11. The van der Waals surface area contributed by atoms with Crippen LogP contribution < -0.4 is 0 Å². The third-order valence-electron chi connectivity index (χ3n) is 1.60. The molecular formula is C9H8ClF2. The van der Waals surface area contributed by atoms with E-state index in [9.17, 15) is 8.78 Å². The van der Waals surface area contributed by atoms with E-state index in [0.29, 0.717) is 11.4 Å². The van der Waals surface area contributed by atoms with Crippen molar-refractivity contribution in [3.05, 3.63) is 42.3 Å². The van der Waals surface area contributed by atoms with Crippen molar-refractivity contribution in [1.29, 1.82) is 0 Å². The first kappa shape index (κ1) is 9.46. The standard InChI is InChI=1S/C9H8ClF2/c1-6(5-10)7-2-3-8(11)9(12)4-7/h2-4,6H,1,5H2. The molecule has 1 radical (unpaired) electrons. The van der Waals surface area contributed by atoms with Crippen molar-refractivity contribution >= 4 is 11.6 Å². The van der Waals surface area contributed by atoms with Gasteiger partial charge < -0.3 is 0 Å². The number of alkyl halides is 1. The van der Waals surface area contributed by atoms with Gasteiger partial charge in [-0.3, -0.25) is 0 Å². The Labute approximate surface area is 75.2 Å². The van der Waals surface area contributed by atoms with E-state index in [1.165, 1.54) is 6.07 Å². The molecule has 1 aromatic rings. The molecule has 1 unspecified atom stereocenters. The average molecular weight is 190 g/mol. The maximum absolute atomic E-state index is 12.6. The molecule has 0 aliphatic heterocycles. The fraction of sp³-hybridized carbons (Fsp3) is 0.222. The Morgan fingerprint density at radius 3 is 2.50 bits per heavy atom. The molecule has 65 valence electrons. The Balaban J connectivity index is 2.96. The molecular weight excluding hydrogens is 182 g/mol. The number of benzene rings is 1. The van der Waals surface area contributed by atoms with Crippen LogP contribution in [0.4, 0.5) is 8.78 Å². The number of halogens is 3. The molecule has 0 aliphatic rings. The van der Waals surface area contributed by atoms with E-state index >= 15 is 0 Å². The van der Waals surface area contributed by atoms with Crippen LogP contribution in [-0.2, 0) is 0 Å². The molecule has 0 fully saturated rings. The quantitative estimate of drug-likeness (QED) is 0.627. The van der Waals surface area contributed by atoms with Crippen LogP contribution in [0.15, 0.2) is 18.2 Å². The molecule has 1 rings (SSSR count). The predicted octanol–water partition coefficient (Wildman–Crippen LogP) is 3.12. The summed E-state index contributed by atoms with van der Waals surface area (Å²) in [6.07, 6.45) is 0. The Hall–Kier alpha value is -0.630. The minimum absolute atomic E-state index is 0.193. The summed E-state index contributed by atoms with van der Waals surface area (Å²) in [5.41, 5.74) is 0.615. The third-order valence-corrected chi connectivity index (χ3v) is 1.97. The lowest BCUT2D eigenvalue weighted by atomic mass is 10.0. The Kier molecular flexibility index (Phi) is 3.04. The van der Waals surface area contributed by atoms with Crippen LogP contribution in [0.2, 0.25) is 0 Å². The van der Waals surface area contributed by atoms with Gasteiger partial charge in [-0.2, -0.15) is 0 Å². The van der Waals surface area contributed by atoms with Gasteiger partial charge in [-0.25, -0.2) is 8.78 Å². The lowest BCUT2D eigenvalue weighted by Gasteiger charge is -2.06. The van der Waals surface area contributed by atoms with Gasteiger partial charge in [0.25, 0.3) is 0 Å². The molecule has 0 N–H and O–H groups in total. The largest absolute Gasteiger partial charge is 0.204 e. The van der Waals surface area contributed by atoms with E-state index in [1.807, 2.05) is 0 Å². The van der Waals surface area contributed by atoms with Gasteiger partial charge in [-0.05, 0) is 30.5 Å². The summed E-state index contributed by atoms with van der Waals surface area (Å²) in [5.74, 6) is -1.60. The lowest BCUT2D eigenvalue weighted by Crippen LogP contribution is -1.96. The Bertz CT molecular complexity index is 273. The van der Waals surface area contributed by atoms with Crippen molar-refractivity contribution in [3.8, 4) is 0 Å². The molecule has 0 saturated heterocycles. The van der Waals surface area contributed by atoms with Crippen molar-refractivity contribution in [2.45, 2.75) is 5.92 Å². The van der Waals surface area contributed by atoms with Gasteiger partial charge in [0, 0.05) is 5.88 Å². The predicted molar refractivity (Wildman–Crippen MR) is 45.2 cm³/mol. The molecule has 0 heterocycles. The summed E-state index contributed by atoms with van der Waals surface area (Å²) < 4.78 is 25.1. The van der Waals surface area contributed by atoms with Crippen molar-refractivity contribution in [2.75, 3.05) is 5.88 Å². The summed E-state index contributed by atoms with van der Waals surface area (Å²) in [6, 6.07) is 3.68. The summed E-state index contributed by atoms with van der Waals surface area (Å²) >= 11 is 5.50. The lowest BCUT2D eigenvalue weighted by molar-refractivity contribution is 0.506. The average Bonchev–Trinajstić information content (AvgIpc) is 2.08. The minimum atomic E-state index is -0.855. The molecule has 0 nitrogen and oxygen atoms in total. The molecule has 0 bridgehead atoms. The smallest absolute Gasteiger partial charge is 0.159 e. The first-order chi connectivity index (χ1) is 5.65. The Morgan fingerprint density at radius 1 is 1.33 bits per heavy atom. The second-order valence-electron chi connectivity index (χ2n) is 2.52. The first-order valence-corrected chi connectivity index (χ1v) is 4.02. The van der Waals surface area contributed by atoms with Gasteiger partial charge in [0.1, 0.15) is 0 Å². The Morgan fingerprint density at radius 2 is 2.00 bits per heavy atom. The van der Waals surface area contributed by atoms with E-state index in [2.05, 4.69) is 6.92 Å². The van der Waals surface area contributed by atoms with Crippen LogP contribution in [0.1, 0.15) is 11.5 Å². The van der Waals surface area contributed by atoms with Crippen molar-refractivity contribution < 1.29 is 8.78 Å². The van der Waals surface area contributed by atoms with Crippen molar-refractivity contribution in [3.63, 3.8) is 0 Å². The fourth-order valence-corrected chi connectivity index (χ4v) is 1.03. The summed E-state index contributed by atoms with van der Waals surface area (Å²) in [7, 11) is 0. The molecule has 3 heteroatoms. The number of hydrogen-bond donors (Lipinski definition) is 0. The summed E-state index contributed by atoms with van der Waals surface area (Å²) in [6.45, 7) is 3.68. The zero-order chi connectivity index (χ0) is 9.14. The molecule has 1 atom stereocenters. The van der Waals surface area contributed by atoms with Crippen molar-refractivity contribution in [1.82, 2.24) is 0 Å². The van der Waals surface area contributed by atoms with Crippen LogP contribution in [0.3, 0.4) is 0 Å². The first-order valence-electron chi connectivity index (χ1n) is 3.49. The SMILES string of the molecule is [CH2]C(CCl)c1ccc(F)c(F)c1. The molecule has 0 spiro atoms. The third kappa shape index (κ3) is 1.95. The van der Waals surface area contributed by atoms with Gasteiger partial charge in [-0.15, -0.1) is 11.6 Å². The summed E-state index contributed by atoms with van der Waals surface area (Å²) in [4.78, 5) is 0. The monoisotopic (exact) mass is 189 g/mol. The molecule has 0 amide bonds. The topological polar surface area (TPSA) is 0 Å². The number of rotatable bonds is 2. The second kappa shape index (κ2) is 3.85. The molecule has 0 aliphatic carbocycles. The molecule has 0 aromatic heterocycles.